The normalized spacial score (nSPS) is 12.2. The quantitative estimate of drug-likeness (QED) is 0.465. The molecule has 0 radical (unpaired) electrons. The summed E-state index contributed by atoms with van der Waals surface area (Å²) in [6, 6.07) is 9.39. The van der Waals surface area contributed by atoms with Crippen molar-refractivity contribution in [3.8, 4) is 0 Å². The van der Waals surface area contributed by atoms with Crippen LogP contribution in [0.2, 0.25) is 0 Å². The van der Waals surface area contributed by atoms with Gasteiger partial charge in [0.1, 0.15) is 11.6 Å². The van der Waals surface area contributed by atoms with Gasteiger partial charge in [-0.1, -0.05) is 28.1 Å². The number of alkyl halides is 1. The molecule has 0 bridgehead atoms. The Labute approximate surface area is 122 Å². The zero-order valence-electron chi connectivity index (χ0n) is 10.2. The lowest BCUT2D eigenvalue weighted by Gasteiger charge is -2.10. The fraction of sp³-hybridized carbons (Fsp3) is 0.143. The number of nitro groups is 1. The molecule has 1 unspecified atom stereocenters. The summed E-state index contributed by atoms with van der Waals surface area (Å²) < 4.78 is 26.3. The lowest BCUT2D eigenvalue weighted by molar-refractivity contribution is -0.384. The summed E-state index contributed by atoms with van der Waals surface area (Å²) in [5, 5.41) is 10.5. The van der Waals surface area contributed by atoms with E-state index in [1.54, 1.807) is 12.1 Å². The molecule has 0 saturated heterocycles. The third-order valence-corrected chi connectivity index (χ3v) is 3.66. The third kappa shape index (κ3) is 3.60. The molecule has 2 aromatic carbocycles. The van der Waals surface area contributed by atoms with Gasteiger partial charge in [0.15, 0.2) is 0 Å². The van der Waals surface area contributed by atoms with Crippen molar-refractivity contribution in [1.82, 2.24) is 0 Å². The van der Waals surface area contributed by atoms with Gasteiger partial charge in [0, 0.05) is 23.0 Å². The minimum absolute atomic E-state index is 0.0108. The fourth-order valence-corrected chi connectivity index (χ4v) is 2.47. The molecule has 2 rings (SSSR count). The van der Waals surface area contributed by atoms with Crippen molar-refractivity contribution in [1.29, 1.82) is 0 Å². The second-order valence-corrected chi connectivity index (χ2v) is 5.40. The van der Waals surface area contributed by atoms with Crippen LogP contribution >= 0.6 is 15.9 Å². The molecule has 2 aromatic rings. The summed E-state index contributed by atoms with van der Waals surface area (Å²) in [6.45, 7) is 0. The Balaban J connectivity index is 2.14. The largest absolute Gasteiger partial charge is 0.269 e. The van der Waals surface area contributed by atoms with Gasteiger partial charge in [-0.25, -0.2) is 8.78 Å². The summed E-state index contributed by atoms with van der Waals surface area (Å²) in [4.78, 5) is 9.80. The summed E-state index contributed by atoms with van der Waals surface area (Å²) in [5.74, 6) is -1.26. The Kier molecular flexibility index (Phi) is 4.44. The SMILES string of the molecule is O=[N+]([O-])c1ccc(CC(Br)c2cc(F)cc(F)c2)cc1. The molecule has 0 aliphatic carbocycles. The zero-order chi connectivity index (χ0) is 14.7. The summed E-state index contributed by atoms with van der Waals surface area (Å²) >= 11 is 3.37. The van der Waals surface area contributed by atoms with Crippen LogP contribution < -0.4 is 0 Å². The molecular weight excluding hydrogens is 332 g/mol. The average Bonchev–Trinajstić information content (AvgIpc) is 2.38. The zero-order valence-corrected chi connectivity index (χ0v) is 11.8. The Bertz CT molecular complexity index is 611. The highest BCUT2D eigenvalue weighted by atomic mass is 79.9. The standard InChI is InChI=1S/C14H10BrF2NO2/c15-14(10-6-11(16)8-12(17)7-10)5-9-1-3-13(4-2-9)18(19)20/h1-4,6-8,14H,5H2. The van der Waals surface area contributed by atoms with Gasteiger partial charge in [0.25, 0.3) is 5.69 Å². The molecule has 104 valence electrons. The van der Waals surface area contributed by atoms with Crippen LogP contribution in [-0.2, 0) is 6.42 Å². The molecule has 0 saturated carbocycles. The van der Waals surface area contributed by atoms with Gasteiger partial charge < -0.3 is 0 Å². The molecular formula is C14H10BrF2NO2. The first-order valence-corrected chi connectivity index (χ1v) is 6.70. The summed E-state index contributed by atoms with van der Waals surface area (Å²) in [5.41, 5.74) is 1.33. The summed E-state index contributed by atoms with van der Waals surface area (Å²) in [7, 11) is 0. The number of rotatable bonds is 4. The van der Waals surface area contributed by atoms with E-state index in [9.17, 15) is 18.9 Å². The van der Waals surface area contributed by atoms with E-state index in [2.05, 4.69) is 15.9 Å². The first-order chi connectivity index (χ1) is 9.45. The number of non-ortho nitro benzene ring substituents is 1. The van der Waals surface area contributed by atoms with Crippen molar-refractivity contribution in [3.63, 3.8) is 0 Å². The molecule has 0 aromatic heterocycles. The molecule has 0 spiro atoms. The highest BCUT2D eigenvalue weighted by molar-refractivity contribution is 9.09. The molecule has 0 aliphatic heterocycles. The van der Waals surface area contributed by atoms with Crippen LogP contribution in [0.5, 0.6) is 0 Å². The number of hydrogen-bond donors (Lipinski definition) is 0. The molecule has 0 N–H and O–H groups in total. The van der Waals surface area contributed by atoms with Crippen molar-refractivity contribution in [2.24, 2.45) is 0 Å². The van der Waals surface area contributed by atoms with Gasteiger partial charge in [-0.3, -0.25) is 10.1 Å². The Hall–Kier alpha value is -1.82. The molecule has 0 heterocycles. The maximum absolute atomic E-state index is 13.1. The van der Waals surface area contributed by atoms with Crippen LogP contribution in [0, 0.1) is 21.7 Å². The van der Waals surface area contributed by atoms with E-state index < -0.39 is 16.6 Å². The number of nitrogens with zero attached hydrogens (tertiary/aromatic N) is 1. The van der Waals surface area contributed by atoms with E-state index in [0.29, 0.717) is 12.0 Å². The van der Waals surface area contributed by atoms with Gasteiger partial charge >= 0.3 is 0 Å². The van der Waals surface area contributed by atoms with E-state index in [1.165, 1.54) is 24.3 Å². The average molecular weight is 342 g/mol. The minimum Gasteiger partial charge on any atom is -0.258 e. The van der Waals surface area contributed by atoms with E-state index in [4.69, 9.17) is 0 Å². The predicted octanol–water partition coefficient (Wildman–Crippen LogP) is 4.55. The molecule has 6 heteroatoms. The van der Waals surface area contributed by atoms with Crippen LogP contribution in [0.4, 0.5) is 14.5 Å². The van der Waals surface area contributed by atoms with Crippen LogP contribution in [-0.4, -0.2) is 4.92 Å². The van der Waals surface area contributed by atoms with E-state index >= 15 is 0 Å². The predicted molar refractivity (Wildman–Crippen MR) is 74.8 cm³/mol. The highest BCUT2D eigenvalue weighted by Gasteiger charge is 2.12. The molecule has 1 atom stereocenters. The molecule has 0 amide bonds. The molecule has 3 nitrogen and oxygen atoms in total. The number of hydrogen-bond acceptors (Lipinski definition) is 2. The maximum Gasteiger partial charge on any atom is 0.269 e. The van der Waals surface area contributed by atoms with Gasteiger partial charge in [-0.05, 0) is 29.7 Å². The smallest absolute Gasteiger partial charge is 0.258 e. The third-order valence-electron chi connectivity index (χ3n) is 2.81. The molecule has 0 aliphatic rings. The van der Waals surface area contributed by atoms with Crippen molar-refractivity contribution < 1.29 is 13.7 Å². The van der Waals surface area contributed by atoms with Crippen LogP contribution in [0.15, 0.2) is 42.5 Å². The van der Waals surface area contributed by atoms with Gasteiger partial charge in [0.05, 0.1) is 4.92 Å². The monoisotopic (exact) mass is 341 g/mol. The van der Waals surface area contributed by atoms with E-state index in [-0.39, 0.29) is 10.5 Å². The van der Waals surface area contributed by atoms with Crippen LogP contribution in [0.1, 0.15) is 16.0 Å². The highest BCUT2D eigenvalue weighted by Crippen LogP contribution is 2.28. The Morgan fingerprint density at radius 2 is 1.65 bits per heavy atom. The van der Waals surface area contributed by atoms with Crippen molar-refractivity contribution in [2.75, 3.05) is 0 Å². The number of nitro benzene ring substituents is 1. The van der Waals surface area contributed by atoms with Crippen molar-refractivity contribution >= 4 is 21.6 Å². The number of benzene rings is 2. The second-order valence-electron chi connectivity index (χ2n) is 4.30. The first-order valence-electron chi connectivity index (χ1n) is 5.79. The maximum atomic E-state index is 13.1. The number of halogens is 3. The Morgan fingerprint density at radius 1 is 1.10 bits per heavy atom. The Morgan fingerprint density at radius 3 is 2.15 bits per heavy atom. The first kappa shape index (κ1) is 14.6. The fourth-order valence-electron chi connectivity index (χ4n) is 1.83. The lowest BCUT2D eigenvalue weighted by Crippen LogP contribution is -1.98. The van der Waals surface area contributed by atoms with Gasteiger partial charge in [-0.15, -0.1) is 0 Å². The molecule has 0 fully saturated rings. The van der Waals surface area contributed by atoms with E-state index in [1.807, 2.05) is 0 Å². The molecule has 20 heavy (non-hydrogen) atoms. The van der Waals surface area contributed by atoms with Crippen LogP contribution in [0.25, 0.3) is 0 Å². The van der Waals surface area contributed by atoms with E-state index in [0.717, 1.165) is 11.6 Å². The minimum atomic E-state index is -0.631. The van der Waals surface area contributed by atoms with Crippen molar-refractivity contribution in [2.45, 2.75) is 11.2 Å². The van der Waals surface area contributed by atoms with Crippen LogP contribution in [0.3, 0.4) is 0 Å². The topological polar surface area (TPSA) is 43.1 Å². The van der Waals surface area contributed by atoms with Gasteiger partial charge in [0.2, 0.25) is 0 Å². The van der Waals surface area contributed by atoms with Crippen molar-refractivity contribution in [3.05, 3.63) is 75.3 Å². The second kappa shape index (κ2) is 6.09. The van der Waals surface area contributed by atoms with Gasteiger partial charge in [-0.2, -0.15) is 0 Å². The lowest BCUT2D eigenvalue weighted by atomic mass is 10.0. The summed E-state index contributed by atoms with van der Waals surface area (Å²) in [6.07, 6.45) is 0.473.